The molecule has 0 atom stereocenters. The molecule has 0 aliphatic rings. The third-order valence-electron chi connectivity index (χ3n) is 2.77. The molecule has 19 heavy (non-hydrogen) atoms. The fourth-order valence-electron chi connectivity index (χ4n) is 1.82. The summed E-state index contributed by atoms with van der Waals surface area (Å²) in [5.41, 5.74) is 1.79. The van der Waals surface area contributed by atoms with Gasteiger partial charge in [-0.1, -0.05) is 25.5 Å². The minimum atomic E-state index is -1.05. The van der Waals surface area contributed by atoms with Crippen LogP contribution in [0.1, 0.15) is 25.3 Å². The number of aryl methyl sites for hydroxylation is 1. The zero-order valence-electron chi connectivity index (χ0n) is 11.0. The standard InChI is InChI=1S/C14H19NO4/c1-2-3-4-11-5-7-12(8-6-11)15(9-13(16)17)10-14(18)19/h5-8H,2-4,9-10H2,1H3,(H,16,17)(H,18,19). The molecule has 0 aliphatic heterocycles. The van der Waals surface area contributed by atoms with Gasteiger partial charge in [-0.3, -0.25) is 9.59 Å². The highest BCUT2D eigenvalue weighted by Crippen LogP contribution is 2.16. The van der Waals surface area contributed by atoms with Crippen molar-refractivity contribution in [3.8, 4) is 0 Å². The number of hydrogen-bond acceptors (Lipinski definition) is 3. The first-order valence-corrected chi connectivity index (χ1v) is 6.30. The van der Waals surface area contributed by atoms with Crippen LogP contribution in [0.4, 0.5) is 5.69 Å². The lowest BCUT2D eigenvalue weighted by Gasteiger charge is -2.20. The van der Waals surface area contributed by atoms with Crippen LogP contribution in [0.5, 0.6) is 0 Å². The highest BCUT2D eigenvalue weighted by molar-refractivity contribution is 5.79. The molecule has 0 heterocycles. The number of hydrogen-bond donors (Lipinski definition) is 2. The van der Waals surface area contributed by atoms with Crippen molar-refractivity contribution in [2.24, 2.45) is 0 Å². The van der Waals surface area contributed by atoms with Crippen molar-refractivity contribution in [2.75, 3.05) is 18.0 Å². The van der Waals surface area contributed by atoms with E-state index >= 15 is 0 Å². The van der Waals surface area contributed by atoms with Gasteiger partial charge in [-0.2, -0.15) is 0 Å². The summed E-state index contributed by atoms with van der Waals surface area (Å²) in [6, 6.07) is 7.39. The molecule has 0 saturated heterocycles. The summed E-state index contributed by atoms with van der Waals surface area (Å²) in [6.07, 6.45) is 3.20. The molecule has 0 aliphatic carbocycles. The summed E-state index contributed by atoms with van der Waals surface area (Å²) in [5, 5.41) is 17.6. The van der Waals surface area contributed by atoms with Gasteiger partial charge in [0.1, 0.15) is 13.1 Å². The lowest BCUT2D eigenvalue weighted by atomic mass is 10.1. The van der Waals surface area contributed by atoms with Crippen molar-refractivity contribution in [3.63, 3.8) is 0 Å². The van der Waals surface area contributed by atoms with Gasteiger partial charge in [0.05, 0.1) is 0 Å². The van der Waals surface area contributed by atoms with E-state index in [9.17, 15) is 9.59 Å². The van der Waals surface area contributed by atoms with E-state index < -0.39 is 11.9 Å². The maximum Gasteiger partial charge on any atom is 0.323 e. The predicted molar refractivity (Wildman–Crippen MR) is 72.5 cm³/mol. The zero-order chi connectivity index (χ0) is 14.3. The Morgan fingerprint density at radius 3 is 2.00 bits per heavy atom. The summed E-state index contributed by atoms with van der Waals surface area (Å²) in [5.74, 6) is -2.09. The van der Waals surface area contributed by atoms with Gasteiger partial charge in [0, 0.05) is 5.69 Å². The number of unbranched alkanes of at least 4 members (excludes halogenated alkanes) is 1. The molecule has 0 radical (unpaired) electrons. The van der Waals surface area contributed by atoms with Crippen LogP contribution in [-0.2, 0) is 16.0 Å². The molecule has 0 bridgehead atoms. The number of aliphatic carboxylic acids is 2. The Labute approximate surface area is 112 Å². The number of rotatable bonds is 8. The molecule has 0 aromatic heterocycles. The molecule has 1 aromatic rings. The Hall–Kier alpha value is -2.04. The van der Waals surface area contributed by atoms with E-state index in [0.29, 0.717) is 5.69 Å². The number of carboxylic acid groups (broad SMARTS) is 2. The van der Waals surface area contributed by atoms with Gasteiger partial charge < -0.3 is 15.1 Å². The average molecular weight is 265 g/mol. The van der Waals surface area contributed by atoms with Crippen LogP contribution in [0, 0.1) is 0 Å². The normalized spacial score (nSPS) is 10.2. The molecule has 0 saturated carbocycles. The maximum atomic E-state index is 10.7. The van der Waals surface area contributed by atoms with Gasteiger partial charge in [0.15, 0.2) is 0 Å². The molecule has 1 aromatic carbocycles. The molecule has 2 N–H and O–H groups in total. The predicted octanol–water partition coefficient (Wildman–Crippen LogP) is 2.00. The third kappa shape index (κ3) is 5.42. The minimum Gasteiger partial charge on any atom is -0.480 e. The van der Waals surface area contributed by atoms with Gasteiger partial charge >= 0.3 is 11.9 Å². The summed E-state index contributed by atoms with van der Waals surface area (Å²) < 4.78 is 0. The van der Waals surface area contributed by atoms with Crippen LogP contribution >= 0.6 is 0 Å². The summed E-state index contributed by atoms with van der Waals surface area (Å²) in [6.45, 7) is 1.48. The molecular formula is C14H19NO4. The van der Waals surface area contributed by atoms with Crippen molar-refractivity contribution in [2.45, 2.75) is 26.2 Å². The molecule has 0 unspecified atom stereocenters. The van der Waals surface area contributed by atoms with Crippen LogP contribution in [-0.4, -0.2) is 35.2 Å². The average Bonchev–Trinajstić information content (AvgIpc) is 2.35. The second kappa shape index (κ2) is 7.41. The second-order valence-electron chi connectivity index (χ2n) is 4.41. The van der Waals surface area contributed by atoms with E-state index in [2.05, 4.69) is 6.92 Å². The highest BCUT2D eigenvalue weighted by atomic mass is 16.4. The highest BCUT2D eigenvalue weighted by Gasteiger charge is 2.13. The summed E-state index contributed by atoms with van der Waals surface area (Å²) in [7, 11) is 0. The van der Waals surface area contributed by atoms with Gasteiger partial charge in [0.25, 0.3) is 0 Å². The van der Waals surface area contributed by atoms with Crippen LogP contribution in [0.25, 0.3) is 0 Å². The quantitative estimate of drug-likeness (QED) is 0.751. The lowest BCUT2D eigenvalue weighted by Crippen LogP contribution is -2.34. The monoisotopic (exact) mass is 265 g/mol. The lowest BCUT2D eigenvalue weighted by molar-refractivity contribution is -0.136. The van der Waals surface area contributed by atoms with Gasteiger partial charge in [-0.05, 0) is 30.5 Å². The van der Waals surface area contributed by atoms with E-state index in [1.807, 2.05) is 12.1 Å². The number of nitrogens with zero attached hydrogens (tertiary/aromatic N) is 1. The molecule has 0 spiro atoms. The van der Waals surface area contributed by atoms with E-state index in [4.69, 9.17) is 10.2 Å². The van der Waals surface area contributed by atoms with Gasteiger partial charge in [-0.15, -0.1) is 0 Å². The number of carbonyl (C=O) groups is 2. The first-order chi connectivity index (χ1) is 9.02. The Kier molecular flexibility index (Phi) is 5.85. The topological polar surface area (TPSA) is 77.8 Å². The second-order valence-corrected chi connectivity index (χ2v) is 4.41. The molecule has 0 fully saturated rings. The van der Waals surface area contributed by atoms with Crippen LogP contribution in [0.3, 0.4) is 0 Å². The zero-order valence-corrected chi connectivity index (χ0v) is 11.0. The largest absolute Gasteiger partial charge is 0.480 e. The van der Waals surface area contributed by atoms with E-state index in [0.717, 1.165) is 19.3 Å². The van der Waals surface area contributed by atoms with Gasteiger partial charge in [0.2, 0.25) is 0 Å². The van der Waals surface area contributed by atoms with Crippen molar-refractivity contribution >= 4 is 17.6 Å². The molecule has 104 valence electrons. The maximum absolute atomic E-state index is 10.7. The molecule has 5 heteroatoms. The summed E-state index contributed by atoms with van der Waals surface area (Å²) in [4.78, 5) is 22.8. The Balaban J connectivity index is 2.77. The first-order valence-electron chi connectivity index (χ1n) is 6.30. The Morgan fingerprint density at radius 2 is 1.58 bits per heavy atom. The minimum absolute atomic E-state index is 0.319. The van der Waals surface area contributed by atoms with Crippen molar-refractivity contribution in [1.82, 2.24) is 0 Å². The Morgan fingerprint density at radius 1 is 1.05 bits per heavy atom. The molecule has 1 rings (SSSR count). The molecule has 5 nitrogen and oxygen atoms in total. The van der Waals surface area contributed by atoms with Gasteiger partial charge in [-0.25, -0.2) is 0 Å². The van der Waals surface area contributed by atoms with Crippen molar-refractivity contribution in [1.29, 1.82) is 0 Å². The van der Waals surface area contributed by atoms with Crippen molar-refractivity contribution in [3.05, 3.63) is 29.8 Å². The fraction of sp³-hybridized carbons (Fsp3) is 0.429. The Bertz CT molecular complexity index is 412. The summed E-state index contributed by atoms with van der Waals surface area (Å²) >= 11 is 0. The van der Waals surface area contributed by atoms with Crippen LogP contribution in [0.15, 0.2) is 24.3 Å². The van der Waals surface area contributed by atoms with Crippen molar-refractivity contribution < 1.29 is 19.8 Å². The number of benzene rings is 1. The smallest absolute Gasteiger partial charge is 0.323 e. The third-order valence-corrected chi connectivity index (χ3v) is 2.77. The first kappa shape index (κ1) is 15.0. The molecular weight excluding hydrogens is 246 g/mol. The fourth-order valence-corrected chi connectivity index (χ4v) is 1.82. The molecule has 0 amide bonds. The SMILES string of the molecule is CCCCc1ccc(N(CC(=O)O)CC(=O)O)cc1. The van der Waals surface area contributed by atoms with Crippen LogP contribution < -0.4 is 4.90 Å². The van der Waals surface area contributed by atoms with E-state index in [1.165, 1.54) is 10.5 Å². The number of anilines is 1. The van der Waals surface area contributed by atoms with E-state index in [-0.39, 0.29) is 13.1 Å². The van der Waals surface area contributed by atoms with E-state index in [1.54, 1.807) is 12.1 Å². The van der Waals surface area contributed by atoms with Crippen LogP contribution in [0.2, 0.25) is 0 Å². The number of carboxylic acids is 2.